The lowest BCUT2D eigenvalue weighted by Crippen LogP contribution is -2.37. The maximum Gasteiger partial charge on any atom is 0.125 e. The number of hydrogen-bond donors (Lipinski definition) is 0. The van der Waals surface area contributed by atoms with E-state index in [1.165, 1.54) is 35.0 Å². The summed E-state index contributed by atoms with van der Waals surface area (Å²) in [5.41, 5.74) is 5.05. The second-order valence-electron chi connectivity index (χ2n) is 6.93. The molecule has 1 aromatic carbocycles. The predicted octanol–water partition coefficient (Wildman–Crippen LogP) is 3.60. The lowest BCUT2D eigenvalue weighted by molar-refractivity contribution is 0.166. The molecule has 0 saturated carbocycles. The van der Waals surface area contributed by atoms with Crippen LogP contribution in [0.2, 0.25) is 0 Å². The first kappa shape index (κ1) is 14.1. The molecule has 120 valence electrons. The number of nitrogens with zero attached hydrogens (tertiary/aromatic N) is 4. The molecule has 3 aromatic rings. The molecule has 5 rings (SSSR count). The molecular formula is C20H20N4. The summed E-state index contributed by atoms with van der Waals surface area (Å²) in [7, 11) is 0. The van der Waals surface area contributed by atoms with E-state index in [4.69, 9.17) is 4.98 Å². The van der Waals surface area contributed by atoms with Gasteiger partial charge in [-0.2, -0.15) is 0 Å². The maximum atomic E-state index is 4.70. The van der Waals surface area contributed by atoms with Crippen LogP contribution in [0.25, 0.3) is 10.9 Å². The van der Waals surface area contributed by atoms with E-state index in [0.29, 0.717) is 12.1 Å². The van der Waals surface area contributed by atoms with Crippen molar-refractivity contribution in [1.29, 1.82) is 0 Å². The standard InChI is InChI=1S/C20H20N4/c1-13-22-11-17-18(23-13)10-16-7-8-19(17)24(16)12-15-5-2-4-14-6-3-9-21-20(14)15/h2-6,9,11,16,19H,7-8,10,12H2,1H3/t16-,19+/m1/s1. The Hall–Kier alpha value is -2.33. The van der Waals surface area contributed by atoms with E-state index >= 15 is 0 Å². The third-order valence-electron chi connectivity index (χ3n) is 5.52. The Morgan fingerprint density at radius 2 is 2.04 bits per heavy atom. The highest BCUT2D eigenvalue weighted by Gasteiger charge is 2.40. The average molecular weight is 316 g/mol. The van der Waals surface area contributed by atoms with Gasteiger partial charge in [0, 0.05) is 48.4 Å². The first-order chi connectivity index (χ1) is 11.8. The van der Waals surface area contributed by atoms with Gasteiger partial charge in [-0.1, -0.05) is 24.3 Å². The third kappa shape index (κ3) is 2.13. The number of hydrogen-bond acceptors (Lipinski definition) is 4. The molecule has 1 saturated heterocycles. The molecule has 4 nitrogen and oxygen atoms in total. The fourth-order valence-electron chi connectivity index (χ4n) is 4.41. The van der Waals surface area contributed by atoms with E-state index in [0.717, 1.165) is 24.3 Å². The van der Waals surface area contributed by atoms with Gasteiger partial charge >= 0.3 is 0 Å². The fourth-order valence-corrected chi connectivity index (χ4v) is 4.41. The molecule has 0 radical (unpaired) electrons. The monoisotopic (exact) mass is 316 g/mol. The van der Waals surface area contributed by atoms with Crippen molar-refractivity contribution in [2.75, 3.05) is 0 Å². The Morgan fingerprint density at radius 1 is 1.12 bits per heavy atom. The Bertz CT molecular complexity index is 915. The van der Waals surface area contributed by atoms with Gasteiger partial charge in [0.15, 0.2) is 0 Å². The van der Waals surface area contributed by atoms with E-state index in [9.17, 15) is 0 Å². The van der Waals surface area contributed by atoms with Crippen LogP contribution in [0.15, 0.2) is 42.7 Å². The molecule has 2 aliphatic heterocycles. The summed E-state index contributed by atoms with van der Waals surface area (Å²) in [4.78, 5) is 16.4. The molecule has 2 aliphatic rings. The average Bonchev–Trinajstić information content (AvgIpc) is 2.88. The van der Waals surface area contributed by atoms with Crippen LogP contribution < -0.4 is 0 Å². The topological polar surface area (TPSA) is 41.9 Å². The molecule has 0 unspecified atom stereocenters. The van der Waals surface area contributed by atoms with Gasteiger partial charge < -0.3 is 0 Å². The second-order valence-corrected chi connectivity index (χ2v) is 6.93. The van der Waals surface area contributed by atoms with Crippen LogP contribution in [0.5, 0.6) is 0 Å². The third-order valence-corrected chi connectivity index (χ3v) is 5.52. The van der Waals surface area contributed by atoms with E-state index < -0.39 is 0 Å². The lowest BCUT2D eigenvalue weighted by Gasteiger charge is -2.35. The summed E-state index contributed by atoms with van der Waals surface area (Å²) < 4.78 is 0. The zero-order valence-corrected chi connectivity index (χ0v) is 13.8. The summed E-state index contributed by atoms with van der Waals surface area (Å²) in [6.07, 6.45) is 7.45. The van der Waals surface area contributed by atoms with Crippen LogP contribution in [0.4, 0.5) is 0 Å². The van der Waals surface area contributed by atoms with Crippen LogP contribution in [-0.4, -0.2) is 25.9 Å². The molecule has 1 fully saturated rings. The largest absolute Gasteiger partial charge is 0.289 e. The van der Waals surface area contributed by atoms with Gasteiger partial charge in [0.1, 0.15) is 5.82 Å². The van der Waals surface area contributed by atoms with E-state index in [1.807, 2.05) is 19.2 Å². The molecule has 0 amide bonds. The van der Waals surface area contributed by atoms with Crippen LogP contribution >= 0.6 is 0 Å². The molecule has 0 aliphatic carbocycles. The van der Waals surface area contributed by atoms with Gasteiger partial charge in [-0.25, -0.2) is 9.97 Å². The SMILES string of the molecule is Cc1ncc2c(n1)C[C@H]1CC[C@@H]2N1Cc1cccc2cccnc12. The Labute approximate surface area is 141 Å². The van der Waals surface area contributed by atoms with Crippen molar-refractivity contribution in [1.82, 2.24) is 19.9 Å². The van der Waals surface area contributed by atoms with Crippen molar-refractivity contribution in [3.8, 4) is 0 Å². The lowest BCUT2D eigenvalue weighted by atomic mass is 9.98. The van der Waals surface area contributed by atoms with Crippen LogP contribution in [-0.2, 0) is 13.0 Å². The molecule has 4 heterocycles. The molecule has 2 atom stereocenters. The maximum absolute atomic E-state index is 4.70. The summed E-state index contributed by atoms with van der Waals surface area (Å²) in [6.45, 7) is 2.94. The van der Waals surface area contributed by atoms with Gasteiger partial charge in [-0.3, -0.25) is 9.88 Å². The summed E-state index contributed by atoms with van der Waals surface area (Å²) >= 11 is 0. The van der Waals surface area contributed by atoms with Crippen LogP contribution in [0.1, 0.15) is 41.5 Å². The molecule has 24 heavy (non-hydrogen) atoms. The van der Waals surface area contributed by atoms with Crippen molar-refractivity contribution >= 4 is 10.9 Å². The van der Waals surface area contributed by atoms with Crippen molar-refractivity contribution in [2.45, 2.75) is 44.8 Å². The number of aryl methyl sites for hydroxylation is 1. The van der Waals surface area contributed by atoms with E-state index in [-0.39, 0.29) is 0 Å². The van der Waals surface area contributed by atoms with E-state index in [2.05, 4.69) is 45.3 Å². The molecular weight excluding hydrogens is 296 g/mol. The summed E-state index contributed by atoms with van der Waals surface area (Å²) in [5.74, 6) is 0.889. The highest BCUT2D eigenvalue weighted by atomic mass is 15.2. The fraction of sp³-hybridized carbons (Fsp3) is 0.350. The number of fused-ring (bicyclic) bond motifs is 5. The summed E-state index contributed by atoms with van der Waals surface area (Å²) in [6, 6.07) is 11.7. The van der Waals surface area contributed by atoms with Crippen molar-refractivity contribution in [3.05, 3.63) is 65.4 Å². The zero-order chi connectivity index (χ0) is 16.1. The van der Waals surface area contributed by atoms with Crippen molar-refractivity contribution in [3.63, 3.8) is 0 Å². The predicted molar refractivity (Wildman–Crippen MR) is 93.5 cm³/mol. The number of para-hydroxylation sites is 1. The van der Waals surface area contributed by atoms with Gasteiger partial charge in [0.05, 0.1) is 11.2 Å². The van der Waals surface area contributed by atoms with Gasteiger partial charge in [-0.15, -0.1) is 0 Å². The highest BCUT2D eigenvalue weighted by molar-refractivity contribution is 5.81. The minimum absolute atomic E-state index is 0.457. The molecule has 2 bridgehead atoms. The smallest absolute Gasteiger partial charge is 0.125 e. The van der Waals surface area contributed by atoms with Gasteiger partial charge in [0.2, 0.25) is 0 Å². The minimum atomic E-state index is 0.457. The number of rotatable bonds is 2. The minimum Gasteiger partial charge on any atom is -0.289 e. The Balaban J connectivity index is 1.53. The van der Waals surface area contributed by atoms with E-state index in [1.54, 1.807) is 0 Å². The number of pyridine rings is 1. The second kappa shape index (κ2) is 5.35. The van der Waals surface area contributed by atoms with Crippen molar-refractivity contribution < 1.29 is 0 Å². The van der Waals surface area contributed by atoms with Crippen molar-refractivity contribution in [2.24, 2.45) is 0 Å². The highest BCUT2D eigenvalue weighted by Crippen LogP contribution is 2.43. The number of aromatic nitrogens is 3. The molecule has 0 N–H and O–H groups in total. The van der Waals surface area contributed by atoms with Gasteiger partial charge in [0.25, 0.3) is 0 Å². The first-order valence-electron chi connectivity index (χ1n) is 8.70. The van der Waals surface area contributed by atoms with Gasteiger partial charge in [-0.05, 0) is 31.4 Å². The Kier molecular flexibility index (Phi) is 3.13. The first-order valence-corrected chi connectivity index (χ1v) is 8.70. The summed E-state index contributed by atoms with van der Waals surface area (Å²) in [5, 5.41) is 1.22. The zero-order valence-electron chi connectivity index (χ0n) is 13.8. The molecule has 4 heteroatoms. The Morgan fingerprint density at radius 3 is 3.00 bits per heavy atom. The van der Waals surface area contributed by atoms with Crippen LogP contribution in [0, 0.1) is 6.92 Å². The molecule has 2 aromatic heterocycles. The molecule has 0 spiro atoms. The van der Waals surface area contributed by atoms with Crippen LogP contribution in [0.3, 0.4) is 0 Å². The number of benzene rings is 1. The quantitative estimate of drug-likeness (QED) is 0.724. The normalized spacial score (nSPS) is 22.7.